The van der Waals surface area contributed by atoms with Crippen molar-refractivity contribution >= 4 is 23.1 Å². The first-order valence-corrected chi connectivity index (χ1v) is 7.93. The molecule has 2 aromatic rings. The number of aliphatic imine (C=N–C) groups is 1. The molecule has 0 saturated carbocycles. The highest BCUT2D eigenvalue weighted by Crippen LogP contribution is 2.18. The number of hydrazone groups is 1. The second kappa shape index (κ2) is 8.22. The molecule has 0 aliphatic rings. The van der Waals surface area contributed by atoms with Gasteiger partial charge in [-0.3, -0.25) is 4.99 Å². The van der Waals surface area contributed by atoms with Gasteiger partial charge < -0.3 is 10.7 Å². The van der Waals surface area contributed by atoms with Crippen LogP contribution in [0.2, 0.25) is 0 Å². The van der Waals surface area contributed by atoms with Crippen LogP contribution in [-0.2, 0) is 6.42 Å². The summed E-state index contributed by atoms with van der Waals surface area (Å²) in [5.74, 6) is 0.362. The number of nitrogens with two attached hydrogens (primary N) is 1. The third-order valence-electron chi connectivity index (χ3n) is 3.61. The van der Waals surface area contributed by atoms with Crippen molar-refractivity contribution < 1.29 is 0 Å². The Morgan fingerprint density at radius 1 is 1.32 bits per heavy atom. The zero-order valence-corrected chi connectivity index (χ0v) is 13.4. The SMILES string of the molecule is CCCCCN=C(N)N/N=C/c1c[nH]c2ccc(CC)cc12. The molecule has 0 bridgehead atoms. The van der Waals surface area contributed by atoms with E-state index in [2.05, 4.69) is 52.6 Å². The van der Waals surface area contributed by atoms with Gasteiger partial charge in [-0.05, 0) is 30.5 Å². The normalized spacial score (nSPS) is 12.4. The Morgan fingerprint density at radius 2 is 2.18 bits per heavy atom. The van der Waals surface area contributed by atoms with E-state index in [1.54, 1.807) is 6.21 Å². The van der Waals surface area contributed by atoms with Crippen LogP contribution in [0.1, 0.15) is 44.2 Å². The molecule has 0 aliphatic heterocycles. The van der Waals surface area contributed by atoms with Gasteiger partial charge in [0.05, 0.1) is 6.21 Å². The standard InChI is InChI=1S/C17H25N5/c1-3-5-6-9-19-17(18)22-21-12-14-11-20-16-8-7-13(4-2)10-15(14)16/h7-8,10-12,20H,3-6,9H2,1-2H3,(H3,18,19,22)/b21-12+. The fourth-order valence-electron chi connectivity index (χ4n) is 2.28. The number of rotatable bonds is 7. The minimum atomic E-state index is 0.362. The molecule has 0 amide bonds. The van der Waals surface area contributed by atoms with E-state index in [0.717, 1.165) is 30.5 Å². The summed E-state index contributed by atoms with van der Waals surface area (Å²) in [6.07, 6.45) is 8.16. The number of benzene rings is 1. The van der Waals surface area contributed by atoms with E-state index in [1.165, 1.54) is 23.8 Å². The third kappa shape index (κ3) is 4.35. The number of aromatic nitrogens is 1. The number of guanidine groups is 1. The monoisotopic (exact) mass is 299 g/mol. The third-order valence-corrected chi connectivity index (χ3v) is 3.61. The van der Waals surface area contributed by atoms with Gasteiger partial charge in [0.25, 0.3) is 0 Å². The van der Waals surface area contributed by atoms with E-state index in [9.17, 15) is 0 Å². The van der Waals surface area contributed by atoms with E-state index in [4.69, 9.17) is 5.73 Å². The molecule has 22 heavy (non-hydrogen) atoms. The Hall–Kier alpha value is -2.30. The molecule has 2 rings (SSSR count). The van der Waals surface area contributed by atoms with Gasteiger partial charge in [0.1, 0.15) is 0 Å². The van der Waals surface area contributed by atoms with Crippen molar-refractivity contribution in [2.75, 3.05) is 6.54 Å². The molecule has 0 fully saturated rings. The Morgan fingerprint density at radius 3 is 2.95 bits per heavy atom. The first-order chi connectivity index (χ1) is 10.7. The second-order valence-electron chi connectivity index (χ2n) is 5.32. The molecule has 1 aromatic heterocycles. The van der Waals surface area contributed by atoms with Gasteiger partial charge in [-0.1, -0.05) is 32.8 Å². The number of hydrogen-bond acceptors (Lipinski definition) is 2. The van der Waals surface area contributed by atoms with Crippen molar-refractivity contribution in [3.63, 3.8) is 0 Å². The maximum absolute atomic E-state index is 5.77. The van der Waals surface area contributed by atoms with Crippen molar-refractivity contribution in [1.29, 1.82) is 0 Å². The summed E-state index contributed by atoms with van der Waals surface area (Å²) in [5, 5.41) is 5.34. The van der Waals surface area contributed by atoms with Gasteiger partial charge in [-0.2, -0.15) is 5.10 Å². The number of unbranched alkanes of at least 4 members (excludes halogenated alkanes) is 2. The predicted molar refractivity (Wildman–Crippen MR) is 94.4 cm³/mol. The lowest BCUT2D eigenvalue weighted by Crippen LogP contribution is -2.27. The second-order valence-corrected chi connectivity index (χ2v) is 5.32. The zero-order chi connectivity index (χ0) is 15.8. The van der Waals surface area contributed by atoms with Gasteiger partial charge in [0, 0.05) is 29.2 Å². The van der Waals surface area contributed by atoms with Crippen LogP contribution >= 0.6 is 0 Å². The van der Waals surface area contributed by atoms with E-state index in [1.807, 2.05) is 6.20 Å². The van der Waals surface area contributed by atoms with Crippen LogP contribution < -0.4 is 11.2 Å². The lowest BCUT2D eigenvalue weighted by atomic mass is 10.1. The fraction of sp³-hybridized carbons (Fsp3) is 0.412. The van der Waals surface area contributed by atoms with Crippen LogP contribution in [0.4, 0.5) is 0 Å². The number of nitrogens with one attached hydrogen (secondary N) is 2. The highest BCUT2D eigenvalue weighted by molar-refractivity contribution is 5.99. The molecule has 5 heteroatoms. The Bertz CT molecular complexity index is 654. The maximum Gasteiger partial charge on any atom is 0.209 e. The average molecular weight is 299 g/mol. The summed E-state index contributed by atoms with van der Waals surface area (Å²) in [5.41, 5.74) is 12.0. The molecule has 0 radical (unpaired) electrons. The first-order valence-electron chi connectivity index (χ1n) is 7.93. The van der Waals surface area contributed by atoms with Crippen molar-refractivity contribution in [3.05, 3.63) is 35.5 Å². The number of hydrogen-bond donors (Lipinski definition) is 3. The topological polar surface area (TPSA) is 78.6 Å². The van der Waals surface area contributed by atoms with E-state index >= 15 is 0 Å². The van der Waals surface area contributed by atoms with Gasteiger partial charge in [-0.15, -0.1) is 0 Å². The quantitative estimate of drug-likeness (QED) is 0.318. The molecular weight excluding hydrogens is 274 g/mol. The summed E-state index contributed by atoms with van der Waals surface area (Å²) >= 11 is 0. The lowest BCUT2D eigenvalue weighted by molar-refractivity contribution is 0.725. The summed E-state index contributed by atoms with van der Waals surface area (Å²) in [7, 11) is 0. The summed E-state index contributed by atoms with van der Waals surface area (Å²) < 4.78 is 0. The number of aryl methyl sites for hydroxylation is 1. The molecule has 0 unspecified atom stereocenters. The number of nitrogens with zero attached hydrogens (tertiary/aromatic N) is 2. The fourth-order valence-corrected chi connectivity index (χ4v) is 2.28. The van der Waals surface area contributed by atoms with Gasteiger partial charge in [0.2, 0.25) is 5.96 Å². The number of aromatic amines is 1. The largest absolute Gasteiger partial charge is 0.369 e. The molecule has 0 saturated heterocycles. The van der Waals surface area contributed by atoms with Crippen molar-refractivity contribution in [2.24, 2.45) is 15.8 Å². The molecule has 118 valence electrons. The van der Waals surface area contributed by atoms with Crippen LogP contribution in [0.15, 0.2) is 34.5 Å². The predicted octanol–water partition coefficient (Wildman–Crippen LogP) is 3.16. The minimum Gasteiger partial charge on any atom is -0.369 e. The van der Waals surface area contributed by atoms with Gasteiger partial charge in [0.15, 0.2) is 0 Å². The molecule has 0 aliphatic carbocycles. The zero-order valence-electron chi connectivity index (χ0n) is 13.4. The van der Waals surface area contributed by atoms with Crippen LogP contribution in [0.25, 0.3) is 10.9 Å². The average Bonchev–Trinajstić information content (AvgIpc) is 2.94. The summed E-state index contributed by atoms with van der Waals surface area (Å²) in [6, 6.07) is 6.43. The summed E-state index contributed by atoms with van der Waals surface area (Å²) in [4.78, 5) is 7.48. The highest BCUT2D eigenvalue weighted by Gasteiger charge is 2.02. The number of fused-ring (bicyclic) bond motifs is 1. The van der Waals surface area contributed by atoms with Crippen molar-refractivity contribution in [2.45, 2.75) is 39.5 Å². The highest BCUT2D eigenvalue weighted by atomic mass is 15.3. The van der Waals surface area contributed by atoms with Crippen LogP contribution in [0.5, 0.6) is 0 Å². The maximum atomic E-state index is 5.77. The Kier molecular flexibility index (Phi) is 6.01. The molecule has 0 atom stereocenters. The molecule has 1 aromatic carbocycles. The van der Waals surface area contributed by atoms with E-state index < -0.39 is 0 Å². The van der Waals surface area contributed by atoms with Gasteiger partial charge >= 0.3 is 0 Å². The van der Waals surface area contributed by atoms with Crippen LogP contribution in [0, 0.1) is 0 Å². The van der Waals surface area contributed by atoms with Gasteiger partial charge in [-0.25, -0.2) is 5.43 Å². The first kappa shape index (κ1) is 16.1. The van der Waals surface area contributed by atoms with Crippen molar-refractivity contribution in [1.82, 2.24) is 10.4 Å². The van der Waals surface area contributed by atoms with Crippen LogP contribution in [0.3, 0.4) is 0 Å². The van der Waals surface area contributed by atoms with Crippen molar-refractivity contribution in [3.8, 4) is 0 Å². The van der Waals surface area contributed by atoms with E-state index in [0.29, 0.717) is 5.96 Å². The number of H-pyrrole nitrogens is 1. The molecular formula is C17H25N5. The van der Waals surface area contributed by atoms with E-state index in [-0.39, 0.29) is 0 Å². The molecule has 0 spiro atoms. The molecule has 1 heterocycles. The molecule has 4 N–H and O–H groups in total. The van der Waals surface area contributed by atoms with Crippen LogP contribution in [-0.4, -0.2) is 23.7 Å². The summed E-state index contributed by atoms with van der Waals surface area (Å²) in [6.45, 7) is 5.06. The Balaban J connectivity index is 1.98. The smallest absolute Gasteiger partial charge is 0.209 e. The molecule has 5 nitrogen and oxygen atoms in total. The Labute approximate surface area is 131 Å². The lowest BCUT2D eigenvalue weighted by Gasteiger charge is -2.00. The minimum absolute atomic E-state index is 0.362.